The van der Waals surface area contributed by atoms with Crippen molar-refractivity contribution < 1.29 is 19.4 Å². The van der Waals surface area contributed by atoms with Crippen LogP contribution in [0.5, 0.6) is 0 Å². The van der Waals surface area contributed by atoms with E-state index in [0.29, 0.717) is 18.8 Å². The van der Waals surface area contributed by atoms with Crippen LogP contribution in [-0.4, -0.2) is 37.6 Å². The summed E-state index contributed by atoms with van der Waals surface area (Å²) in [5.74, 6) is 0.0788. The van der Waals surface area contributed by atoms with Crippen LogP contribution < -0.4 is 5.32 Å². The van der Waals surface area contributed by atoms with E-state index in [2.05, 4.69) is 22.8 Å². The van der Waals surface area contributed by atoms with E-state index in [1.54, 1.807) is 18.4 Å². The maximum Gasteiger partial charge on any atom is 0.285 e. The molecule has 5 nitrogen and oxygen atoms in total. The highest BCUT2D eigenvalue weighted by atomic mass is 32.1. The third kappa shape index (κ3) is 3.77. The number of ether oxygens (including phenoxy) is 2. The summed E-state index contributed by atoms with van der Waals surface area (Å²) in [6, 6.07) is 8.28. The number of rotatable bonds is 7. The molecule has 0 spiro atoms. The molecule has 2 aromatic rings. The largest absolute Gasteiger partial charge is 0.459 e. The smallest absolute Gasteiger partial charge is 0.285 e. The van der Waals surface area contributed by atoms with Crippen molar-refractivity contribution in [2.45, 2.75) is 32.0 Å². The van der Waals surface area contributed by atoms with E-state index in [1.165, 1.54) is 15.6 Å². The van der Waals surface area contributed by atoms with E-state index in [0.717, 1.165) is 6.42 Å². The van der Waals surface area contributed by atoms with Gasteiger partial charge < -0.3 is 19.9 Å². The Morgan fingerprint density at radius 1 is 1.38 bits per heavy atom. The van der Waals surface area contributed by atoms with Gasteiger partial charge in [0.15, 0.2) is 5.76 Å². The second-order valence-electron chi connectivity index (χ2n) is 6.29. The molecule has 0 fully saturated rings. The number of carbonyl (C=O) groups excluding carboxylic acids is 1. The predicted molar refractivity (Wildman–Crippen MR) is 103 cm³/mol. The molecule has 1 aromatic heterocycles. The van der Waals surface area contributed by atoms with Gasteiger partial charge >= 0.3 is 0 Å². The van der Waals surface area contributed by atoms with Gasteiger partial charge in [-0.2, -0.15) is 0 Å². The lowest BCUT2D eigenvalue weighted by atomic mass is 9.80. The highest BCUT2D eigenvalue weighted by molar-refractivity contribution is 7.17. The van der Waals surface area contributed by atoms with Crippen molar-refractivity contribution in [3.8, 4) is 0 Å². The molecule has 0 saturated carbocycles. The molecule has 3 atom stereocenters. The Hall–Kier alpha value is -1.89. The molecular formula is C20H25NO4S. The first-order valence-corrected chi connectivity index (χ1v) is 9.86. The van der Waals surface area contributed by atoms with Gasteiger partial charge in [0, 0.05) is 36.8 Å². The normalized spacial score (nSPS) is 22.7. The highest BCUT2D eigenvalue weighted by Crippen LogP contribution is 2.43. The number of hydrogen-bond acceptors (Lipinski definition) is 5. The van der Waals surface area contributed by atoms with Crippen LogP contribution in [0.3, 0.4) is 0 Å². The van der Waals surface area contributed by atoms with E-state index in [9.17, 15) is 9.90 Å². The van der Waals surface area contributed by atoms with E-state index >= 15 is 0 Å². The first kappa shape index (κ1) is 18.9. The van der Waals surface area contributed by atoms with Crippen molar-refractivity contribution in [1.29, 1.82) is 0 Å². The Morgan fingerprint density at radius 2 is 2.19 bits per heavy atom. The molecule has 1 aromatic carbocycles. The molecule has 0 unspecified atom stereocenters. The zero-order valence-corrected chi connectivity index (χ0v) is 15.9. The number of aliphatic hydroxyl groups is 1. The number of thiophene rings is 1. The number of allylic oxidation sites excluding steroid dienone is 1. The fourth-order valence-corrected chi connectivity index (χ4v) is 4.51. The van der Waals surface area contributed by atoms with E-state index in [-0.39, 0.29) is 24.3 Å². The van der Waals surface area contributed by atoms with Crippen LogP contribution in [0, 0.1) is 5.92 Å². The minimum atomic E-state index is -0.507. The number of likely N-dealkylation sites (N-methyl/N-ethyl adjacent to an activating group) is 1. The van der Waals surface area contributed by atoms with Gasteiger partial charge in [0.05, 0.1) is 0 Å². The number of fused-ring (bicyclic) bond motifs is 1. The van der Waals surface area contributed by atoms with Crippen molar-refractivity contribution in [1.82, 2.24) is 5.32 Å². The molecule has 140 valence electrons. The van der Waals surface area contributed by atoms with Gasteiger partial charge in [-0.25, -0.2) is 0 Å². The van der Waals surface area contributed by atoms with Crippen LogP contribution in [0.15, 0.2) is 41.5 Å². The second-order valence-corrected chi connectivity index (χ2v) is 7.21. The lowest BCUT2D eigenvalue weighted by molar-refractivity contribution is -0.166. The average molecular weight is 375 g/mol. The van der Waals surface area contributed by atoms with Gasteiger partial charge in [-0.3, -0.25) is 4.79 Å². The Labute approximate surface area is 157 Å². The third-order valence-corrected chi connectivity index (χ3v) is 5.71. The molecule has 3 rings (SSSR count). The molecule has 0 radical (unpaired) electrons. The Morgan fingerprint density at radius 3 is 2.92 bits per heavy atom. The maximum absolute atomic E-state index is 12.2. The SMILES string of the molecule is CCO[C@@H]1OC(C(=O)NC)=C[C@H](c2csc3ccccc23)[C@@H]1CCCO. The fraction of sp³-hybridized carbons (Fsp3) is 0.450. The highest BCUT2D eigenvalue weighted by Gasteiger charge is 2.38. The first-order valence-electron chi connectivity index (χ1n) is 8.98. The van der Waals surface area contributed by atoms with Gasteiger partial charge in [0.1, 0.15) is 0 Å². The van der Waals surface area contributed by atoms with Crippen LogP contribution in [0.1, 0.15) is 31.2 Å². The molecule has 2 N–H and O–H groups in total. The molecule has 2 heterocycles. The number of benzene rings is 1. The van der Waals surface area contributed by atoms with Crippen molar-refractivity contribution in [2.24, 2.45) is 5.92 Å². The van der Waals surface area contributed by atoms with Crippen LogP contribution in [0.25, 0.3) is 10.1 Å². The second kappa shape index (κ2) is 8.66. The summed E-state index contributed by atoms with van der Waals surface area (Å²) in [7, 11) is 1.59. The number of amides is 1. The third-order valence-electron chi connectivity index (χ3n) is 4.73. The minimum Gasteiger partial charge on any atom is -0.459 e. The van der Waals surface area contributed by atoms with Crippen molar-refractivity contribution in [3.63, 3.8) is 0 Å². The summed E-state index contributed by atoms with van der Waals surface area (Å²) < 4.78 is 12.9. The zero-order chi connectivity index (χ0) is 18.5. The zero-order valence-electron chi connectivity index (χ0n) is 15.1. The quantitative estimate of drug-likeness (QED) is 0.778. The molecular weight excluding hydrogens is 350 g/mol. The van der Waals surface area contributed by atoms with Gasteiger partial charge in [-0.15, -0.1) is 11.3 Å². The summed E-state index contributed by atoms with van der Waals surface area (Å²) in [4.78, 5) is 12.2. The Kier molecular flexibility index (Phi) is 6.29. The maximum atomic E-state index is 12.2. The predicted octanol–water partition coefficient (Wildman–Crippen LogP) is 3.40. The van der Waals surface area contributed by atoms with Crippen LogP contribution in [-0.2, 0) is 14.3 Å². The Balaban J connectivity index is 2.06. The fourth-order valence-electron chi connectivity index (χ4n) is 3.50. The van der Waals surface area contributed by atoms with Gasteiger partial charge in [-0.05, 0) is 48.2 Å². The average Bonchev–Trinajstić information content (AvgIpc) is 3.10. The first-order chi connectivity index (χ1) is 12.7. The molecule has 1 aliphatic heterocycles. The topological polar surface area (TPSA) is 67.8 Å². The molecule has 0 bridgehead atoms. The monoisotopic (exact) mass is 375 g/mol. The lowest BCUT2D eigenvalue weighted by Gasteiger charge is -2.36. The van der Waals surface area contributed by atoms with E-state index < -0.39 is 6.29 Å². The van der Waals surface area contributed by atoms with E-state index in [1.807, 2.05) is 25.1 Å². The summed E-state index contributed by atoms with van der Waals surface area (Å²) in [5, 5.41) is 15.3. The number of carbonyl (C=O) groups is 1. The van der Waals surface area contributed by atoms with E-state index in [4.69, 9.17) is 9.47 Å². The minimum absolute atomic E-state index is 0.00435. The Bertz CT molecular complexity index is 785. The van der Waals surface area contributed by atoms with Crippen LogP contribution in [0.4, 0.5) is 0 Å². The van der Waals surface area contributed by atoms with Crippen molar-refractivity contribution >= 4 is 27.3 Å². The number of nitrogens with one attached hydrogen (secondary N) is 1. The molecule has 1 aliphatic rings. The van der Waals surface area contributed by atoms with Gasteiger partial charge in [-0.1, -0.05) is 18.2 Å². The molecule has 6 heteroatoms. The summed E-state index contributed by atoms with van der Waals surface area (Å²) >= 11 is 1.70. The van der Waals surface area contributed by atoms with Gasteiger partial charge in [0.2, 0.25) is 6.29 Å². The number of hydrogen-bond donors (Lipinski definition) is 2. The standard InChI is InChI=1S/C20H25NO4S/c1-3-24-20-14(8-6-10-22)15(11-17(25-20)19(23)21-2)16-12-26-18-9-5-4-7-13(16)18/h4-5,7,9,11-12,14-15,20,22H,3,6,8,10H2,1-2H3,(H,21,23)/t14-,15-,20+/m0/s1. The molecule has 0 saturated heterocycles. The molecule has 0 aliphatic carbocycles. The van der Waals surface area contributed by atoms with Gasteiger partial charge in [0.25, 0.3) is 5.91 Å². The van der Waals surface area contributed by atoms with Crippen LogP contribution >= 0.6 is 11.3 Å². The summed E-state index contributed by atoms with van der Waals surface area (Å²) in [5.41, 5.74) is 1.18. The molecule has 1 amide bonds. The van der Waals surface area contributed by atoms with Crippen molar-refractivity contribution in [3.05, 3.63) is 47.0 Å². The summed E-state index contributed by atoms with van der Waals surface area (Å²) in [6.07, 6.45) is 2.82. The van der Waals surface area contributed by atoms with Crippen molar-refractivity contribution in [2.75, 3.05) is 20.3 Å². The summed E-state index contributed by atoms with van der Waals surface area (Å²) in [6.45, 7) is 2.54. The van der Waals surface area contributed by atoms with Crippen LogP contribution in [0.2, 0.25) is 0 Å². The number of aliphatic hydroxyl groups excluding tert-OH is 1. The molecule has 26 heavy (non-hydrogen) atoms. The lowest BCUT2D eigenvalue weighted by Crippen LogP contribution is -2.38.